The van der Waals surface area contributed by atoms with E-state index in [2.05, 4.69) is 5.32 Å². The highest BCUT2D eigenvalue weighted by Crippen LogP contribution is 2.26. The molecule has 0 fully saturated rings. The largest absolute Gasteiger partial charge is 0.310 e. The van der Waals surface area contributed by atoms with E-state index in [-0.39, 0.29) is 24.1 Å². The first kappa shape index (κ1) is 16.2. The van der Waals surface area contributed by atoms with Crippen LogP contribution in [0.4, 0.5) is 8.78 Å². The molecule has 0 bridgehead atoms. The van der Waals surface area contributed by atoms with E-state index >= 15 is 0 Å². The van der Waals surface area contributed by atoms with E-state index in [1.54, 1.807) is 12.1 Å². The van der Waals surface area contributed by atoms with Crippen molar-refractivity contribution in [1.82, 2.24) is 5.32 Å². The van der Waals surface area contributed by atoms with E-state index in [4.69, 9.17) is 23.2 Å². The molecule has 0 radical (unpaired) electrons. The van der Waals surface area contributed by atoms with Crippen molar-refractivity contribution >= 4 is 23.2 Å². The molecule has 112 valence electrons. The third kappa shape index (κ3) is 4.16. The number of nitrogens with one attached hydrogen (secondary N) is 1. The minimum atomic E-state index is -0.373. The van der Waals surface area contributed by atoms with Gasteiger partial charge in [-0.15, -0.1) is 0 Å². The Morgan fingerprint density at radius 3 is 2.29 bits per heavy atom. The molecule has 0 spiro atoms. The van der Waals surface area contributed by atoms with Gasteiger partial charge in [-0.25, -0.2) is 8.78 Å². The van der Waals surface area contributed by atoms with Gasteiger partial charge in [0.15, 0.2) is 0 Å². The Bertz CT molecular complexity index is 632. The number of likely N-dealkylation sites (N-methyl/N-ethyl adjacent to an activating group) is 1. The van der Waals surface area contributed by atoms with Gasteiger partial charge in [-0.1, -0.05) is 30.1 Å². The molecule has 21 heavy (non-hydrogen) atoms. The van der Waals surface area contributed by atoms with Crippen molar-refractivity contribution in [3.05, 3.63) is 69.2 Å². The summed E-state index contributed by atoms with van der Waals surface area (Å²) >= 11 is 11.8. The maximum Gasteiger partial charge on any atom is 0.128 e. The van der Waals surface area contributed by atoms with Gasteiger partial charge in [-0.2, -0.15) is 0 Å². The minimum absolute atomic E-state index is 0.289. The second-order valence-corrected chi connectivity index (χ2v) is 5.59. The first-order valence-corrected chi connectivity index (χ1v) is 7.39. The average Bonchev–Trinajstić information content (AvgIpc) is 2.45. The van der Waals surface area contributed by atoms with Crippen molar-refractivity contribution < 1.29 is 8.78 Å². The molecular formula is C16H15Cl2F2N. The highest BCUT2D eigenvalue weighted by atomic mass is 35.5. The second-order valence-electron chi connectivity index (χ2n) is 4.72. The highest BCUT2D eigenvalue weighted by Gasteiger charge is 2.18. The van der Waals surface area contributed by atoms with Crippen LogP contribution in [0.5, 0.6) is 0 Å². The van der Waals surface area contributed by atoms with Gasteiger partial charge in [-0.05, 0) is 54.9 Å². The van der Waals surface area contributed by atoms with Gasteiger partial charge in [0.05, 0.1) is 0 Å². The summed E-state index contributed by atoms with van der Waals surface area (Å²) in [5.74, 6) is -0.725. The first-order valence-electron chi connectivity index (χ1n) is 6.63. The van der Waals surface area contributed by atoms with Crippen molar-refractivity contribution in [2.75, 3.05) is 6.54 Å². The van der Waals surface area contributed by atoms with Gasteiger partial charge < -0.3 is 5.32 Å². The van der Waals surface area contributed by atoms with Gasteiger partial charge in [0.25, 0.3) is 0 Å². The summed E-state index contributed by atoms with van der Waals surface area (Å²) in [6.07, 6.45) is 0.289. The molecule has 2 rings (SSSR count). The van der Waals surface area contributed by atoms with Crippen LogP contribution in [0.1, 0.15) is 24.1 Å². The molecule has 0 amide bonds. The molecule has 1 nitrogen and oxygen atoms in total. The molecule has 2 aromatic rings. The predicted octanol–water partition coefficient (Wildman–Crippen LogP) is 5.16. The highest BCUT2D eigenvalue weighted by molar-refractivity contribution is 6.30. The minimum Gasteiger partial charge on any atom is -0.310 e. The molecule has 0 saturated heterocycles. The van der Waals surface area contributed by atoms with Crippen LogP contribution in [-0.2, 0) is 6.42 Å². The van der Waals surface area contributed by atoms with Crippen molar-refractivity contribution in [2.24, 2.45) is 0 Å². The van der Waals surface area contributed by atoms with Crippen molar-refractivity contribution in [3.8, 4) is 0 Å². The predicted molar refractivity (Wildman–Crippen MR) is 82.9 cm³/mol. The maximum atomic E-state index is 14.0. The van der Waals surface area contributed by atoms with Crippen LogP contribution in [0.3, 0.4) is 0 Å². The zero-order valence-corrected chi connectivity index (χ0v) is 13.0. The molecule has 0 aliphatic heterocycles. The van der Waals surface area contributed by atoms with E-state index in [9.17, 15) is 8.78 Å². The normalized spacial score (nSPS) is 12.4. The summed E-state index contributed by atoms with van der Waals surface area (Å²) < 4.78 is 27.9. The molecule has 5 heteroatoms. The van der Waals surface area contributed by atoms with Crippen LogP contribution in [0.2, 0.25) is 10.0 Å². The quantitative estimate of drug-likeness (QED) is 0.798. The van der Waals surface area contributed by atoms with Crippen LogP contribution in [-0.4, -0.2) is 6.54 Å². The summed E-state index contributed by atoms with van der Waals surface area (Å²) in [7, 11) is 0. The molecule has 0 aliphatic rings. The standard InChI is InChI=1S/C16H15Cl2F2N/c1-2-21-16(13-9-12(18)4-6-15(13)20)8-10-7-11(17)3-5-14(10)19/h3-7,9,16,21H,2,8H2,1H3. The summed E-state index contributed by atoms with van der Waals surface area (Å²) in [5.41, 5.74) is 0.858. The molecule has 1 unspecified atom stereocenters. The van der Waals surface area contributed by atoms with Crippen molar-refractivity contribution in [1.29, 1.82) is 0 Å². The van der Waals surface area contributed by atoms with Gasteiger partial charge in [0.1, 0.15) is 11.6 Å². The zero-order chi connectivity index (χ0) is 15.4. The Hall–Kier alpha value is -1.16. The Labute approximate surface area is 132 Å². The molecule has 1 N–H and O–H groups in total. The molecule has 0 heterocycles. The van der Waals surface area contributed by atoms with E-state index in [0.29, 0.717) is 27.7 Å². The Morgan fingerprint density at radius 1 is 1.00 bits per heavy atom. The lowest BCUT2D eigenvalue weighted by Crippen LogP contribution is -2.24. The number of hydrogen-bond acceptors (Lipinski definition) is 1. The fourth-order valence-electron chi connectivity index (χ4n) is 2.24. The Kier molecular flexibility index (Phi) is 5.57. The van der Waals surface area contributed by atoms with Crippen LogP contribution in [0, 0.1) is 11.6 Å². The monoisotopic (exact) mass is 329 g/mol. The first-order chi connectivity index (χ1) is 10.0. The van der Waals surface area contributed by atoms with Crippen LogP contribution >= 0.6 is 23.2 Å². The molecular weight excluding hydrogens is 315 g/mol. The van der Waals surface area contributed by atoms with Gasteiger partial charge in [0, 0.05) is 21.7 Å². The SMILES string of the molecule is CCNC(Cc1cc(Cl)ccc1F)c1cc(Cl)ccc1F. The third-order valence-corrected chi connectivity index (χ3v) is 3.69. The van der Waals surface area contributed by atoms with E-state index in [1.165, 1.54) is 24.3 Å². The topological polar surface area (TPSA) is 12.0 Å². The molecule has 1 atom stereocenters. The second kappa shape index (κ2) is 7.21. The third-order valence-electron chi connectivity index (χ3n) is 3.22. The van der Waals surface area contributed by atoms with Crippen LogP contribution in [0.25, 0.3) is 0 Å². The smallest absolute Gasteiger partial charge is 0.128 e. The lowest BCUT2D eigenvalue weighted by Gasteiger charge is -2.20. The summed E-state index contributed by atoms with van der Waals surface area (Å²) in [4.78, 5) is 0. The lowest BCUT2D eigenvalue weighted by atomic mass is 9.98. The fraction of sp³-hybridized carbons (Fsp3) is 0.250. The lowest BCUT2D eigenvalue weighted by molar-refractivity contribution is 0.498. The van der Waals surface area contributed by atoms with Gasteiger partial charge >= 0.3 is 0 Å². The number of benzene rings is 2. The van der Waals surface area contributed by atoms with Crippen LogP contribution in [0.15, 0.2) is 36.4 Å². The molecule has 0 aliphatic carbocycles. The van der Waals surface area contributed by atoms with E-state index in [0.717, 1.165) is 0 Å². The molecule has 2 aromatic carbocycles. The molecule has 0 aromatic heterocycles. The summed E-state index contributed by atoms with van der Waals surface area (Å²) in [6, 6.07) is 8.36. The van der Waals surface area contributed by atoms with Gasteiger partial charge in [0.2, 0.25) is 0 Å². The summed E-state index contributed by atoms with van der Waals surface area (Å²) in [6.45, 7) is 2.53. The Morgan fingerprint density at radius 2 is 1.62 bits per heavy atom. The number of rotatable bonds is 5. The maximum absolute atomic E-state index is 14.0. The fourth-order valence-corrected chi connectivity index (χ4v) is 2.62. The number of halogens is 4. The Balaban J connectivity index is 2.35. The van der Waals surface area contributed by atoms with Crippen molar-refractivity contribution in [2.45, 2.75) is 19.4 Å². The van der Waals surface area contributed by atoms with Gasteiger partial charge in [-0.3, -0.25) is 0 Å². The average molecular weight is 330 g/mol. The van der Waals surface area contributed by atoms with Crippen molar-refractivity contribution in [3.63, 3.8) is 0 Å². The van der Waals surface area contributed by atoms with E-state index in [1.807, 2.05) is 6.92 Å². The molecule has 0 saturated carbocycles. The van der Waals surface area contributed by atoms with Crippen LogP contribution < -0.4 is 5.32 Å². The number of hydrogen-bond donors (Lipinski definition) is 1. The summed E-state index contributed by atoms with van der Waals surface area (Å²) in [5, 5.41) is 4.05. The zero-order valence-electron chi connectivity index (χ0n) is 11.5. The van der Waals surface area contributed by atoms with E-state index < -0.39 is 0 Å².